The second-order valence-corrected chi connectivity index (χ2v) is 8.04. The van der Waals surface area contributed by atoms with Gasteiger partial charge in [-0.2, -0.15) is 5.10 Å². The second-order valence-electron chi connectivity index (χ2n) is 8.04. The molecule has 1 saturated carbocycles. The summed E-state index contributed by atoms with van der Waals surface area (Å²) in [6, 6.07) is 9.50. The molecule has 8 heteroatoms. The first kappa shape index (κ1) is 20.8. The Hall–Kier alpha value is -3.42. The van der Waals surface area contributed by atoms with Gasteiger partial charge in [-0.15, -0.1) is 0 Å². The summed E-state index contributed by atoms with van der Waals surface area (Å²) in [5.74, 6) is 0.204. The van der Waals surface area contributed by atoms with Crippen LogP contribution in [0.3, 0.4) is 0 Å². The van der Waals surface area contributed by atoms with E-state index in [0.717, 1.165) is 30.5 Å². The Morgan fingerprint density at radius 1 is 1.23 bits per heavy atom. The monoisotopic (exact) mass is 421 g/mol. The summed E-state index contributed by atoms with van der Waals surface area (Å²) in [7, 11) is 0. The fraction of sp³-hybridized carbons (Fsp3) is 0.391. The Morgan fingerprint density at radius 3 is 2.71 bits per heavy atom. The van der Waals surface area contributed by atoms with Gasteiger partial charge in [0.15, 0.2) is 12.3 Å². The lowest BCUT2D eigenvalue weighted by atomic mass is 10.1. The van der Waals surface area contributed by atoms with Crippen molar-refractivity contribution in [3.8, 4) is 5.75 Å². The highest BCUT2D eigenvalue weighted by molar-refractivity contribution is 6.06. The first-order chi connectivity index (χ1) is 15.0. The van der Waals surface area contributed by atoms with Crippen molar-refractivity contribution in [1.82, 2.24) is 25.6 Å². The molecule has 162 valence electrons. The van der Waals surface area contributed by atoms with E-state index < -0.39 is 11.8 Å². The van der Waals surface area contributed by atoms with Gasteiger partial charge in [0.1, 0.15) is 5.75 Å². The molecule has 8 nitrogen and oxygen atoms in total. The molecule has 3 aromatic rings. The molecule has 0 atom stereocenters. The van der Waals surface area contributed by atoms with Crippen molar-refractivity contribution in [3.05, 3.63) is 53.3 Å². The summed E-state index contributed by atoms with van der Waals surface area (Å²) in [6.07, 6.45) is 4.60. The number of para-hydroxylation sites is 1. The van der Waals surface area contributed by atoms with Crippen molar-refractivity contribution < 1.29 is 14.3 Å². The fourth-order valence-electron chi connectivity index (χ4n) is 3.50. The predicted molar refractivity (Wildman–Crippen MR) is 117 cm³/mol. The molecule has 2 N–H and O–H groups in total. The van der Waals surface area contributed by atoms with E-state index in [2.05, 4.69) is 16.0 Å². The lowest BCUT2D eigenvalue weighted by Gasteiger charge is -2.12. The smallest absolute Gasteiger partial charge is 0.276 e. The molecule has 0 radical (unpaired) electrons. The maximum absolute atomic E-state index is 12.9. The number of nitrogens with one attached hydrogen (secondary N) is 2. The van der Waals surface area contributed by atoms with Gasteiger partial charge in [-0.25, -0.2) is 9.67 Å². The van der Waals surface area contributed by atoms with Gasteiger partial charge < -0.3 is 4.74 Å². The van der Waals surface area contributed by atoms with Gasteiger partial charge >= 0.3 is 0 Å². The molecule has 0 unspecified atom stereocenters. The van der Waals surface area contributed by atoms with Crippen LogP contribution in [0.25, 0.3) is 11.0 Å². The number of amides is 2. The molecule has 4 rings (SSSR count). The van der Waals surface area contributed by atoms with E-state index in [1.54, 1.807) is 6.20 Å². The number of hydrogen-bond acceptors (Lipinski definition) is 5. The van der Waals surface area contributed by atoms with Gasteiger partial charge in [-0.1, -0.05) is 25.1 Å². The van der Waals surface area contributed by atoms with Gasteiger partial charge in [-0.3, -0.25) is 20.4 Å². The number of carbonyl (C=O) groups is 2. The number of carbonyl (C=O) groups excluding carboxylic acids is 2. The standard InChI is InChI=1S/C23H27N5O3/c1-4-15-7-5-6-8-20(15)31-13-21(29)26-27-23(30)17-11-19(16-9-10-16)25-22-18(17)12-24-28(22)14(2)3/h5-8,11-12,14,16H,4,9-10,13H2,1-3H3,(H,26,29)(H,27,30). The van der Waals surface area contributed by atoms with E-state index in [-0.39, 0.29) is 12.6 Å². The molecule has 0 saturated heterocycles. The zero-order chi connectivity index (χ0) is 22.0. The first-order valence-electron chi connectivity index (χ1n) is 10.7. The predicted octanol–water partition coefficient (Wildman–Crippen LogP) is 3.29. The fourth-order valence-corrected chi connectivity index (χ4v) is 3.50. The van der Waals surface area contributed by atoms with E-state index in [9.17, 15) is 9.59 Å². The molecule has 0 aliphatic heterocycles. The third kappa shape index (κ3) is 4.52. The van der Waals surface area contributed by atoms with Crippen LogP contribution >= 0.6 is 0 Å². The van der Waals surface area contributed by atoms with Crippen LogP contribution in [0.5, 0.6) is 5.75 Å². The van der Waals surface area contributed by atoms with Gasteiger partial charge in [0.25, 0.3) is 11.8 Å². The molecule has 1 aliphatic carbocycles. The van der Waals surface area contributed by atoms with Gasteiger partial charge in [0.05, 0.1) is 17.1 Å². The summed E-state index contributed by atoms with van der Waals surface area (Å²) in [4.78, 5) is 29.8. The van der Waals surface area contributed by atoms with Crippen molar-refractivity contribution in [2.24, 2.45) is 0 Å². The Balaban J connectivity index is 1.45. The van der Waals surface area contributed by atoms with Crippen molar-refractivity contribution in [1.29, 1.82) is 0 Å². The average molecular weight is 422 g/mol. The zero-order valence-corrected chi connectivity index (χ0v) is 18.0. The molecule has 0 spiro atoms. The molecular weight excluding hydrogens is 394 g/mol. The van der Waals surface area contributed by atoms with E-state index in [1.165, 1.54) is 0 Å². The molecule has 2 amide bonds. The van der Waals surface area contributed by atoms with Crippen LogP contribution in [-0.2, 0) is 11.2 Å². The highest BCUT2D eigenvalue weighted by atomic mass is 16.5. The number of hydrogen-bond donors (Lipinski definition) is 2. The molecule has 31 heavy (non-hydrogen) atoms. The number of fused-ring (bicyclic) bond motifs is 1. The summed E-state index contributed by atoms with van der Waals surface area (Å²) >= 11 is 0. The van der Waals surface area contributed by atoms with Crippen molar-refractivity contribution >= 4 is 22.8 Å². The number of rotatable bonds is 7. The van der Waals surface area contributed by atoms with E-state index >= 15 is 0 Å². The molecule has 0 bridgehead atoms. The number of aromatic nitrogens is 3. The Labute approximate surface area is 181 Å². The lowest BCUT2D eigenvalue weighted by Crippen LogP contribution is -2.44. The van der Waals surface area contributed by atoms with Gasteiger partial charge in [0, 0.05) is 17.7 Å². The number of hydrazine groups is 1. The van der Waals surface area contributed by atoms with E-state index in [1.807, 2.05) is 55.8 Å². The maximum atomic E-state index is 12.9. The summed E-state index contributed by atoms with van der Waals surface area (Å²) in [5.41, 5.74) is 7.99. The highest BCUT2D eigenvalue weighted by Gasteiger charge is 2.28. The minimum atomic E-state index is -0.440. The van der Waals surface area contributed by atoms with Crippen LogP contribution in [0.4, 0.5) is 0 Å². The van der Waals surface area contributed by atoms with Gasteiger partial charge in [-0.05, 0) is 50.8 Å². The van der Waals surface area contributed by atoms with Crippen molar-refractivity contribution in [3.63, 3.8) is 0 Å². The van der Waals surface area contributed by atoms with Crippen LogP contribution in [-0.4, -0.2) is 33.2 Å². The number of pyridine rings is 1. The molecule has 1 fully saturated rings. The number of ether oxygens (including phenoxy) is 1. The van der Waals surface area contributed by atoms with Gasteiger partial charge in [0.2, 0.25) is 0 Å². The maximum Gasteiger partial charge on any atom is 0.276 e. The second kappa shape index (κ2) is 8.75. The summed E-state index contributed by atoms with van der Waals surface area (Å²) < 4.78 is 7.41. The number of nitrogens with zero attached hydrogens (tertiary/aromatic N) is 3. The Bertz CT molecular complexity index is 1120. The minimum absolute atomic E-state index is 0.123. The largest absolute Gasteiger partial charge is 0.483 e. The van der Waals surface area contributed by atoms with Crippen LogP contribution in [0.2, 0.25) is 0 Å². The molecule has 1 aliphatic rings. The first-order valence-corrected chi connectivity index (χ1v) is 10.7. The summed E-state index contributed by atoms with van der Waals surface area (Å²) in [5, 5.41) is 5.06. The third-order valence-electron chi connectivity index (χ3n) is 5.34. The highest BCUT2D eigenvalue weighted by Crippen LogP contribution is 2.40. The average Bonchev–Trinajstić information content (AvgIpc) is 3.54. The van der Waals surface area contributed by atoms with Crippen molar-refractivity contribution in [2.45, 2.75) is 52.0 Å². The summed E-state index contributed by atoms with van der Waals surface area (Å²) in [6.45, 7) is 5.88. The Morgan fingerprint density at radius 2 is 2.00 bits per heavy atom. The minimum Gasteiger partial charge on any atom is -0.483 e. The molecule has 2 aromatic heterocycles. The van der Waals surface area contributed by atoms with E-state index in [4.69, 9.17) is 9.72 Å². The van der Waals surface area contributed by atoms with Crippen LogP contribution in [0.1, 0.15) is 67.2 Å². The van der Waals surface area contributed by atoms with Crippen LogP contribution in [0, 0.1) is 0 Å². The van der Waals surface area contributed by atoms with Crippen LogP contribution < -0.4 is 15.6 Å². The van der Waals surface area contributed by atoms with Crippen LogP contribution in [0.15, 0.2) is 36.5 Å². The number of aryl methyl sites for hydroxylation is 1. The molecule has 2 heterocycles. The normalized spacial score (nSPS) is 13.4. The topological polar surface area (TPSA) is 98.1 Å². The number of benzene rings is 1. The Kier molecular flexibility index (Phi) is 5.88. The SMILES string of the molecule is CCc1ccccc1OCC(=O)NNC(=O)c1cc(C2CC2)nc2c1cnn2C(C)C. The third-order valence-corrected chi connectivity index (χ3v) is 5.34. The zero-order valence-electron chi connectivity index (χ0n) is 18.0. The molecular formula is C23H27N5O3. The van der Waals surface area contributed by atoms with E-state index in [0.29, 0.717) is 28.3 Å². The lowest BCUT2D eigenvalue weighted by molar-refractivity contribution is -0.123. The molecule has 1 aromatic carbocycles. The quantitative estimate of drug-likeness (QED) is 0.571. The van der Waals surface area contributed by atoms with Crippen molar-refractivity contribution in [2.75, 3.05) is 6.61 Å².